The van der Waals surface area contributed by atoms with E-state index < -0.39 is 0 Å². The highest BCUT2D eigenvalue weighted by Crippen LogP contribution is 2.18. The van der Waals surface area contributed by atoms with Gasteiger partial charge in [0.2, 0.25) is 5.91 Å². The van der Waals surface area contributed by atoms with Crippen molar-refractivity contribution in [2.24, 2.45) is 0 Å². The summed E-state index contributed by atoms with van der Waals surface area (Å²) in [7, 11) is 0. The molecular formula is C18H25NO2. The van der Waals surface area contributed by atoms with Crippen LogP contribution in [0.3, 0.4) is 0 Å². The Morgan fingerprint density at radius 1 is 1.33 bits per heavy atom. The van der Waals surface area contributed by atoms with Crippen LogP contribution in [0.2, 0.25) is 0 Å². The van der Waals surface area contributed by atoms with Gasteiger partial charge in [0.15, 0.2) is 0 Å². The number of carbonyl (C=O) groups is 1. The first kappa shape index (κ1) is 15.8. The molecule has 1 saturated heterocycles. The van der Waals surface area contributed by atoms with Crippen molar-refractivity contribution < 1.29 is 9.90 Å². The van der Waals surface area contributed by atoms with E-state index in [1.54, 1.807) is 11.0 Å². The minimum atomic E-state index is -0.0146. The third-order valence-corrected chi connectivity index (χ3v) is 4.14. The zero-order valence-corrected chi connectivity index (χ0v) is 13.0. The highest BCUT2D eigenvalue weighted by atomic mass is 16.3. The number of hydrogen-bond donors (Lipinski definition) is 1. The molecule has 1 amide bonds. The van der Waals surface area contributed by atoms with Gasteiger partial charge in [-0.3, -0.25) is 4.79 Å². The van der Waals surface area contributed by atoms with Crippen molar-refractivity contribution in [3.8, 4) is 0 Å². The molecule has 0 aromatic heterocycles. The fourth-order valence-electron chi connectivity index (χ4n) is 2.74. The number of benzene rings is 1. The average molecular weight is 287 g/mol. The van der Waals surface area contributed by atoms with E-state index in [0.717, 1.165) is 31.4 Å². The highest BCUT2D eigenvalue weighted by molar-refractivity contribution is 5.92. The molecule has 1 fully saturated rings. The Kier molecular flexibility index (Phi) is 5.57. The van der Waals surface area contributed by atoms with Crippen LogP contribution in [0.25, 0.3) is 6.08 Å². The second-order valence-electron chi connectivity index (χ2n) is 6.02. The highest BCUT2D eigenvalue weighted by Gasteiger charge is 2.24. The Hall–Kier alpha value is -1.61. The summed E-state index contributed by atoms with van der Waals surface area (Å²) < 4.78 is 0. The van der Waals surface area contributed by atoms with Crippen LogP contribution in [0.4, 0.5) is 0 Å². The summed E-state index contributed by atoms with van der Waals surface area (Å²) in [5, 5.41) is 9.36. The zero-order chi connectivity index (χ0) is 15.2. The molecule has 0 spiro atoms. The zero-order valence-electron chi connectivity index (χ0n) is 13.0. The molecule has 3 nitrogen and oxygen atoms in total. The molecule has 1 N–H and O–H groups in total. The molecule has 2 rings (SSSR count). The number of rotatable bonds is 4. The van der Waals surface area contributed by atoms with Crippen LogP contribution < -0.4 is 0 Å². The number of amides is 1. The Morgan fingerprint density at radius 2 is 2.05 bits per heavy atom. The molecule has 1 aromatic rings. The monoisotopic (exact) mass is 287 g/mol. The van der Waals surface area contributed by atoms with E-state index in [-0.39, 0.29) is 18.6 Å². The summed E-state index contributed by atoms with van der Waals surface area (Å²) in [5.74, 6) is 0.519. The summed E-state index contributed by atoms with van der Waals surface area (Å²) in [6, 6.07) is 8.27. The van der Waals surface area contributed by atoms with Gasteiger partial charge in [-0.25, -0.2) is 0 Å². The number of hydrogen-bond acceptors (Lipinski definition) is 2. The first-order chi connectivity index (χ1) is 10.1. The number of aliphatic hydroxyl groups excluding tert-OH is 1. The first-order valence-corrected chi connectivity index (χ1v) is 7.81. The number of piperidine rings is 1. The molecule has 0 radical (unpaired) electrons. The number of carbonyl (C=O) groups excluding carboxylic acids is 1. The Bertz CT molecular complexity index is 490. The molecule has 1 aliphatic heterocycles. The fourth-order valence-corrected chi connectivity index (χ4v) is 2.74. The predicted octanol–water partition coefficient (Wildman–Crippen LogP) is 3.20. The third kappa shape index (κ3) is 4.18. The van der Waals surface area contributed by atoms with E-state index in [9.17, 15) is 9.90 Å². The van der Waals surface area contributed by atoms with Crippen molar-refractivity contribution in [1.29, 1.82) is 0 Å². The van der Waals surface area contributed by atoms with Gasteiger partial charge in [0, 0.05) is 12.6 Å². The van der Waals surface area contributed by atoms with Gasteiger partial charge in [0.05, 0.1) is 12.6 Å². The van der Waals surface area contributed by atoms with Crippen LogP contribution in [0.1, 0.15) is 50.2 Å². The molecule has 1 atom stereocenters. The van der Waals surface area contributed by atoms with Crippen LogP contribution in [0.5, 0.6) is 0 Å². The van der Waals surface area contributed by atoms with Gasteiger partial charge < -0.3 is 10.0 Å². The van der Waals surface area contributed by atoms with E-state index >= 15 is 0 Å². The lowest BCUT2D eigenvalue weighted by Gasteiger charge is -2.33. The van der Waals surface area contributed by atoms with Gasteiger partial charge in [0.25, 0.3) is 0 Å². The quantitative estimate of drug-likeness (QED) is 0.864. The number of nitrogens with zero attached hydrogens (tertiary/aromatic N) is 1. The summed E-state index contributed by atoms with van der Waals surface area (Å²) in [6.07, 6.45) is 6.50. The van der Waals surface area contributed by atoms with Crippen molar-refractivity contribution in [2.75, 3.05) is 13.2 Å². The summed E-state index contributed by atoms with van der Waals surface area (Å²) in [6.45, 7) is 5.14. The van der Waals surface area contributed by atoms with Crippen LogP contribution >= 0.6 is 0 Å². The van der Waals surface area contributed by atoms with Gasteiger partial charge in [0.1, 0.15) is 0 Å². The smallest absolute Gasteiger partial charge is 0.246 e. The number of likely N-dealkylation sites (tertiary alicyclic amines) is 1. The second-order valence-corrected chi connectivity index (χ2v) is 6.02. The van der Waals surface area contributed by atoms with Crippen molar-refractivity contribution in [3.63, 3.8) is 0 Å². The predicted molar refractivity (Wildman–Crippen MR) is 86.0 cm³/mol. The minimum absolute atomic E-state index is 0.00156. The molecule has 0 saturated carbocycles. The standard InChI is InChI=1S/C18H25NO2/c1-14(2)16-9-6-15(7-10-16)8-11-18(21)19-12-4-3-5-17(19)13-20/h6-11,14,17,20H,3-5,12-13H2,1-2H3/b11-8+. The van der Waals surface area contributed by atoms with E-state index in [0.29, 0.717) is 5.92 Å². The molecular weight excluding hydrogens is 262 g/mol. The average Bonchev–Trinajstić information content (AvgIpc) is 2.52. The SMILES string of the molecule is CC(C)c1ccc(/C=C/C(=O)N2CCCCC2CO)cc1. The third-order valence-electron chi connectivity index (χ3n) is 4.14. The Labute approximate surface area is 127 Å². The van der Waals surface area contributed by atoms with Crippen LogP contribution in [0.15, 0.2) is 30.3 Å². The van der Waals surface area contributed by atoms with Crippen molar-refractivity contribution in [1.82, 2.24) is 4.90 Å². The molecule has 3 heteroatoms. The normalized spacial score (nSPS) is 19.4. The Balaban J connectivity index is 2.00. The van der Waals surface area contributed by atoms with Crippen LogP contribution in [-0.2, 0) is 4.79 Å². The van der Waals surface area contributed by atoms with Crippen molar-refractivity contribution in [2.45, 2.75) is 45.1 Å². The molecule has 21 heavy (non-hydrogen) atoms. The Morgan fingerprint density at radius 3 is 2.67 bits per heavy atom. The molecule has 1 heterocycles. The van der Waals surface area contributed by atoms with E-state index in [4.69, 9.17) is 0 Å². The summed E-state index contributed by atoms with van der Waals surface area (Å²) in [5.41, 5.74) is 2.33. The lowest BCUT2D eigenvalue weighted by atomic mass is 10.0. The first-order valence-electron chi connectivity index (χ1n) is 7.81. The summed E-state index contributed by atoms with van der Waals surface area (Å²) >= 11 is 0. The summed E-state index contributed by atoms with van der Waals surface area (Å²) in [4.78, 5) is 14.0. The lowest BCUT2D eigenvalue weighted by molar-refractivity contribution is -0.130. The molecule has 0 bridgehead atoms. The van der Waals surface area contributed by atoms with Gasteiger partial charge in [-0.15, -0.1) is 0 Å². The van der Waals surface area contributed by atoms with Crippen LogP contribution in [-0.4, -0.2) is 35.1 Å². The van der Waals surface area contributed by atoms with Gasteiger partial charge in [-0.05, 0) is 42.4 Å². The van der Waals surface area contributed by atoms with Gasteiger partial charge in [-0.2, -0.15) is 0 Å². The van der Waals surface area contributed by atoms with Gasteiger partial charge in [-0.1, -0.05) is 38.1 Å². The van der Waals surface area contributed by atoms with Gasteiger partial charge >= 0.3 is 0 Å². The number of aliphatic hydroxyl groups is 1. The maximum absolute atomic E-state index is 12.2. The molecule has 1 aromatic carbocycles. The van der Waals surface area contributed by atoms with E-state index in [2.05, 4.69) is 26.0 Å². The van der Waals surface area contributed by atoms with Crippen molar-refractivity contribution >= 4 is 12.0 Å². The molecule has 114 valence electrons. The maximum Gasteiger partial charge on any atom is 0.246 e. The largest absolute Gasteiger partial charge is 0.394 e. The molecule has 1 aliphatic rings. The maximum atomic E-state index is 12.2. The molecule has 1 unspecified atom stereocenters. The van der Waals surface area contributed by atoms with E-state index in [1.165, 1.54) is 5.56 Å². The second kappa shape index (κ2) is 7.41. The minimum Gasteiger partial charge on any atom is -0.394 e. The van der Waals surface area contributed by atoms with Crippen molar-refractivity contribution in [3.05, 3.63) is 41.5 Å². The topological polar surface area (TPSA) is 40.5 Å². The molecule has 0 aliphatic carbocycles. The lowest BCUT2D eigenvalue weighted by Crippen LogP contribution is -2.44. The fraction of sp³-hybridized carbons (Fsp3) is 0.500. The van der Waals surface area contributed by atoms with E-state index in [1.807, 2.05) is 18.2 Å². The van der Waals surface area contributed by atoms with Crippen LogP contribution in [0, 0.1) is 0 Å².